The summed E-state index contributed by atoms with van der Waals surface area (Å²) >= 11 is 6.28. The minimum Gasteiger partial charge on any atom is -0.314 e. The van der Waals surface area contributed by atoms with Gasteiger partial charge in [-0.1, -0.05) is 36.7 Å². The molecular formula is C17H24ClN3. The first-order valence-electron chi connectivity index (χ1n) is 7.63. The Morgan fingerprint density at radius 2 is 2.14 bits per heavy atom. The van der Waals surface area contributed by atoms with Crippen molar-refractivity contribution < 1.29 is 0 Å². The van der Waals surface area contributed by atoms with Gasteiger partial charge in [-0.05, 0) is 49.4 Å². The van der Waals surface area contributed by atoms with Crippen LogP contribution >= 0.6 is 11.6 Å². The van der Waals surface area contributed by atoms with Crippen molar-refractivity contribution in [2.75, 3.05) is 6.54 Å². The van der Waals surface area contributed by atoms with E-state index in [4.69, 9.17) is 11.6 Å². The van der Waals surface area contributed by atoms with Crippen LogP contribution < -0.4 is 5.32 Å². The molecule has 0 saturated carbocycles. The van der Waals surface area contributed by atoms with E-state index in [0.29, 0.717) is 6.04 Å². The Morgan fingerprint density at radius 3 is 2.81 bits per heavy atom. The summed E-state index contributed by atoms with van der Waals surface area (Å²) in [7, 11) is 1.96. The third kappa shape index (κ3) is 5.18. The number of aromatic nitrogens is 2. The van der Waals surface area contributed by atoms with Crippen LogP contribution in [0, 0.1) is 0 Å². The maximum Gasteiger partial charge on any atom is 0.0521 e. The standard InChI is InChI=1S/C17H24ClN3/c1-3-10-19-16(9-8-14-12-20-21(2)13-14)11-15-6-4-5-7-17(15)18/h4-7,12-13,16,19H,3,8-11H2,1-2H3. The first kappa shape index (κ1) is 16.1. The molecule has 0 bridgehead atoms. The molecule has 1 unspecified atom stereocenters. The number of halogens is 1. The molecule has 1 aromatic carbocycles. The van der Waals surface area contributed by atoms with Crippen molar-refractivity contribution in [1.82, 2.24) is 15.1 Å². The van der Waals surface area contributed by atoms with Crippen molar-refractivity contribution >= 4 is 11.6 Å². The fraction of sp³-hybridized carbons (Fsp3) is 0.471. The predicted molar refractivity (Wildman–Crippen MR) is 88.8 cm³/mol. The number of hydrogen-bond acceptors (Lipinski definition) is 2. The summed E-state index contributed by atoms with van der Waals surface area (Å²) in [5.41, 5.74) is 2.51. The molecule has 1 N–H and O–H groups in total. The molecule has 1 atom stereocenters. The van der Waals surface area contributed by atoms with Crippen molar-refractivity contribution in [3.8, 4) is 0 Å². The molecule has 2 rings (SSSR count). The average molecular weight is 306 g/mol. The van der Waals surface area contributed by atoms with E-state index in [-0.39, 0.29) is 0 Å². The van der Waals surface area contributed by atoms with Gasteiger partial charge in [-0.3, -0.25) is 4.68 Å². The van der Waals surface area contributed by atoms with Gasteiger partial charge >= 0.3 is 0 Å². The second kappa shape index (κ2) is 8.20. The Labute approximate surface area is 132 Å². The van der Waals surface area contributed by atoms with E-state index in [2.05, 4.69) is 35.7 Å². The Bertz CT molecular complexity index is 550. The van der Waals surface area contributed by atoms with Crippen LogP contribution in [0.25, 0.3) is 0 Å². The highest BCUT2D eigenvalue weighted by molar-refractivity contribution is 6.31. The number of benzene rings is 1. The van der Waals surface area contributed by atoms with Crippen LogP contribution in [0.15, 0.2) is 36.7 Å². The third-order valence-corrected chi connectivity index (χ3v) is 4.02. The van der Waals surface area contributed by atoms with Crippen LogP contribution in [-0.2, 0) is 19.9 Å². The fourth-order valence-electron chi connectivity index (χ4n) is 2.50. The molecule has 0 spiro atoms. The van der Waals surface area contributed by atoms with Crippen LogP contribution in [0.3, 0.4) is 0 Å². The summed E-state index contributed by atoms with van der Waals surface area (Å²) < 4.78 is 1.86. The molecule has 114 valence electrons. The van der Waals surface area contributed by atoms with E-state index < -0.39 is 0 Å². The smallest absolute Gasteiger partial charge is 0.0521 e. The fourth-order valence-corrected chi connectivity index (χ4v) is 2.71. The summed E-state index contributed by atoms with van der Waals surface area (Å²) in [4.78, 5) is 0. The molecular weight excluding hydrogens is 282 g/mol. The zero-order chi connectivity index (χ0) is 15.1. The Balaban J connectivity index is 1.95. The van der Waals surface area contributed by atoms with E-state index >= 15 is 0 Å². The first-order valence-corrected chi connectivity index (χ1v) is 8.01. The van der Waals surface area contributed by atoms with Crippen LogP contribution in [-0.4, -0.2) is 22.4 Å². The van der Waals surface area contributed by atoms with E-state index in [1.165, 1.54) is 11.1 Å². The van der Waals surface area contributed by atoms with E-state index in [1.54, 1.807) is 0 Å². The lowest BCUT2D eigenvalue weighted by molar-refractivity contribution is 0.477. The summed E-state index contributed by atoms with van der Waals surface area (Å²) in [5, 5.41) is 8.73. The topological polar surface area (TPSA) is 29.9 Å². The molecule has 4 heteroatoms. The molecule has 0 radical (unpaired) electrons. The molecule has 2 aromatic rings. The third-order valence-electron chi connectivity index (χ3n) is 3.65. The maximum absolute atomic E-state index is 6.28. The van der Waals surface area contributed by atoms with Crippen LogP contribution in [0.1, 0.15) is 30.9 Å². The highest BCUT2D eigenvalue weighted by Gasteiger charge is 2.11. The molecule has 0 aliphatic rings. The molecule has 0 aliphatic heterocycles. The van der Waals surface area contributed by atoms with Gasteiger partial charge in [0.05, 0.1) is 6.20 Å². The zero-order valence-electron chi connectivity index (χ0n) is 12.8. The van der Waals surface area contributed by atoms with E-state index in [9.17, 15) is 0 Å². The van der Waals surface area contributed by atoms with Crippen molar-refractivity contribution in [3.63, 3.8) is 0 Å². The summed E-state index contributed by atoms with van der Waals surface area (Å²) in [6.45, 7) is 3.24. The number of nitrogens with zero attached hydrogens (tertiary/aromatic N) is 2. The Morgan fingerprint density at radius 1 is 1.33 bits per heavy atom. The summed E-state index contributed by atoms with van der Waals surface area (Å²) in [6.07, 6.45) is 8.29. The molecule has 0 amide bonds. The van der Waals surface area contributed by atoms with Gasteiger partial charge in [-0.2, -0.15) is 5.10 Å². The number of nitrogens with one attached hydrogen (secondary N) is 1. The predicted octanol–water partition coefficient (Wildman–Crippen LogP) is 3.62. The molecule has 0 saturated heterocycles. The lowest BCUT2D eigenvalue weighted by atomic mass is 10.00. The quantitative estimate of drug-likeness (QED) is 0.807. The number of hydrogen-bond donors (Lipinski definition) is 1. The molecule has 0 fully saturated rings. The molecule has 21 heavy (non-hydrogen) atoms. The van der Waals surface area contributed by atoms with Crippen molar-refractivity contribution in [2.45, 2.75) is 38.6 Å². The van der Waals surface area contributed by atoms with E-state index in [0.717, 1.165) is 37.3 Å². The number of aryl methyl sites for hydroxylation is 2. The molecule has 3 nitrogen and oxygen atoms in total. The largest absolute Gasteiger partial charge is 0.314 e. The van der Waals surface area contributed by atoms with Crippen molar-refractivity contribution in [3.05, 3.63) is 52.8 Å². The summed E-state index contributed by atoms with van der Waals surface area (Å²) in [5.74, 6) is 0. The monoisotopic (exact) mass is 305 g/mol. The highest BCUT2D eigenvalue weighted by atomic mass is 35.5. The second-order valence-corrected chi connectivity index (χ2v) is 5.91. The van der Waals surface area contributed by atoms with Gasteiger partial charge in [0.1, 0.15) is 0 Å². The molecule has 0 aliphatic carbocycles. The lowest BCUT2D eigenvalue weighted by Gasteiger charge is -2.19. The second-order valence-electron chi connectivity index (χ2n) is 5.51. The Kier molecular flexibility index (Phi) is 6.27. The number of rotatable bonds is 8. The normalized spacial score (nSPS) is 12.5. The Hall–Kier alpha value is -1.32. The van der Waals surface area contributed by atoms with E-state index in [1.807, 2.05) is 30.1 Å². The minimum atomic E-state index is 0.449. The van der Waals surface area contributed by atoms with Crippen LogP contribution in [0.4, 0.5) is 0 Å². The highest BCUT2D eigenvalue weighted by Crippen LogP contribution is 2.18. The zero-order valence-corrected chi connectivity index (χ0v) is 13.6. The molecule has 1 heterocycles. The van der Waals surface area contributed by atoms with Gasteiger partial charge < -0.3 is 5.32 Å². The summed E-state index contributed by atoms with van der Waals surface area (Å²) in [6, 6.07) is 8.57. The minimum absolute atomic E-state index is 0.449. The first-order chi connectivity index (χ1) is 10.2. The van der Waals surface area contributed by atoms with Gasteiger partial charge in [0, 0.05) is 24.3 Å². The average Bonchev–Trinajstić information content (AvgIpc) is 2.89. The van der Waals surface area contributed by atoms with Gasteiger partial charge in [0.15, 0.2) is 0 Å². The SMILES string of the molecule is CCCNC(CCc1cnn(C)c1)Cc1ccccc1Cl. The maximum atomic E-state index is 6.28. The molecule has 1 aromatic heterocycles. The van der Waals surface area contributed by atoms with Crippen LogP contribution in [0.2, 0.25) is 5.02 Å². The lowest BCUT2D eigenvalue weighted by Crippen LogP contribution is -2.32. The van der Waals surface area contributed by atoms with Crippen molar-refractivity contribution in [1.29, 1.82) is 0 Å². The van der Waals surface area contributed by atoms with Gasteiger partial charge in [-0.15, -0.1) is 0 Å². The van der Waals surface area contributed by atoms with Crippen LogP contribution in [0.5, 0.6) is 0 Å². The van der Waals surface area contributed by atoms with Gasteiger partial charge in [0.2, 0.25) is 0 Å². The van der Waals surface area contributed by atoms with Crippen molar-refractivity contribution in [2.24, 2.45) is 7.05 Å². The van der Waals surface area contributed by atoms with Gasteiger partial charge in [-0.25, -0.2) is 0 Å². The van der Waals surface area contributed by atoms with Gasteiger partial charge in [0.25, 0.3) is 0 Å².